The summed E-state index contributed by atoms with van der Waals surface area (Å²) in [6.45, 7) is 3.90. The first-order chi connectivity index (χ1) is 15.3. The molecule has 0 spiro atoms. The molecule has 12 heteroatoms. The van der Waals surface area contributed by atoms with Crippen LogP contribution in [0.25, 0.3) is 0 Å². The predicted octanol–water partition coefficient (Wildman–Crippen LogP) is 1.90. The molecule has 3 N–H and O–H groups in total. The van der Waals surface area contributed by atoms with Crippen molar-refractivity contribution in [1.82, 2.24) is 25.4 Å². The minimum atomic E-state index is -0.713. The summed E-state index contributed by atoms with van der Waals surface area (Å²) in [7, 11) is 2.00. The molecule has 10 nitrogen and oxygen atoms in total. The summed E-state index contributed by atoms with van der Waals surface area (Å²) < 4.78 is 15.2. The number of nitrogens with one attached hydrogen (secondary N) is 2. The van der Waals surface area contributed by atoms with E-state index in [0.29, 0.717) is 23.9 Å². The number of anilines is 2. The first-order valence-electron chi connectivity index (χ1n) is 10.9. The zero-order valence-electron chi connectivity index (χ0n) is 18.4. The third kappa shape index (κ3) is 6.17. The summed E-state index contributed by atoms with van der Waals surface area (Å²) in [6, 6.07) is 0.0197. The van der Waals surface area contributed by atoms with Gasteiger partial charge >= 0.3 is 0 Å². The van der Waals surface area contributed by atoms with E-state index in [1.165, 1.54) is 0 Å². The molecule has 1 saturated carbocycles. The van der Waals surface area contributed by atoms with Gasteiger partial charge in [0, 0.05) is 25.7 Å². The van der Waals surface area contributed by atoms with E-state index in [1.807, 2.05) is 18.9 Å². The minimum absolute atomic E-state index is 0.0197. The zero-order valence-corrected chi connectivity index (χ0v) is 19.2. The van der Waals surface area contributed by atoms with Gasteiger partial charge in [-0.15, -0.1) is 0 Å². The average Bonchev–Trinajstić information content (AvgIpc) is 3.26. The number of halogens is 2. The molecule has 1 aliphatic heterocycles. The molecular weight excluding hydrogens is 441 g/mol. The number of hydrogen-bond donors (Lipinski definition) is 3. The van der Waals surface area contributed by atoms with Crippen LogP contribution < -0.4 is 15.8 Å². The van der Waals surface area contributed by atoms with Crippen molar-refractivity contribution < 1.29 is 19.2 Å². The van der Waals surface area contributed by atoms with Crippen LogP contribution in [0.1, 0.15) is 39.0 Å². The molecule has 0 aromatic carbocycles. The van der Waals surface area contributed by atoms with Crippen molar-refractivity contribution in [3.8, 4) is 0 Å². The molecule has 1 aliphatic carbocycles. The number of nitrogens with zero attached hydrogens (tertiary/aromatic N) is 5. The zero-order chi connectivity index (χ0) is 23.3. The van der Waals surface area contributed by atoms with Crippen molar-refractivity contribution in [3.05, 3.63) is 11.1 Å². The van der Waals surface area contributed by atoms with Crippen molar-refractivity contribution in [2.45, 2.75) is 45.1 Å². The van der Waals surface area contributed by atoms with Gasteiger partial charge in [0.1, 0.15) is 0 Å². The summed E-state index contributed by atoms with van der Waals surface area (Å²) >= 11 is 6.04. The monoisotopic (exact) mass is 471 g/mol. The normalized spacial score (nSPS) is 20.8. The van der Waals surface area contributed by atoms with Gasteiger partial charge < -0.3 is 9.80 Å². The van der Waals surface area contributed by atoms with Crippen LogP contribution in [-0.4, -0.2) is 76.7 Å². The Morgan fingerprint density at radius 3 is 2.75 bits per heavy atom. The van der Waals surface area contributed by atoms with Crippen LogP contribution in [-0.2, 0) is 9.59 Å². The van der Waals surface area contributed by atoms with Crippen LogP contribution in [0.15, 0.2) is 0 Å². The molecule has 2 heterocycles. The second kappa shape index (κ2) is 11.1. The van der Waals surface area contributed by atoms with Gasteiger partial charge in [-0.25, -0.2) is 5.06 Å². The molecule has 1 aromatic heterocycles. The van der Waals surface area contributed by atoms with E-state index in [4.69, 9.17) is 11.6 Å². The Morgan fingerprint density at radius 2 is 2.09 bits per heavy atom. The maximum atomic E-state index is 15.2. The Kier molecular flexibility index (Phi) is 8.44. The van der Waals surface area contributed by atoms with Crippen molar-refractivity contribution in [1.29, 1.82) is 0 Å². The molecule has 0 radical (unpaired) electrons. The molecule has 2 atom stereocenters. The quantitative estimate of drug-likeness (QED) is 0.216. The number of amides is 2. The Hall–Kier alpha value is -2.24. The highest BCUT2D eigenvalue weighted by Gasteiger charge is 2.29. The maximum absolute atomic E-state index is 15.2. The fourth-order valence-corrected chi connectivity index (χ4v) is 4.71. The maximum Gasteiger partial charge on any atom is 0.243 e. The Labute approximate surface area is 192 Å². The molecule has 178 valence electrons. The number of carbonyl (C=O) groups excluding carboxylic acids is 2. The molecule has 2 aliphatic rings. The van der Waals surface area contributed by atoms with Gasteiger partial charge in [0.25, 0.3) is 0 Å². The van der Waals surface area contributed by atoms with Crippen molar-refractivity contribution >= 4 is 35.6 Å². The van der Waals surface area contributed by atoms with E-state index in [-0.39, 0.29) is 35.9 Å². The van der Waals surface area contributed by atoms with Gasteiger partial charge in [-0.1, -0.05) is 25.7 Å². The van der Waals surface area contributed by atoms with Crippen molar-refractivity contribution in [3.63, 3.8) is 0 Å². The molecule has 1 aromatic rings. The number of piperazine rings is 1. The third-order valence-electron chi connectivity index (χ3n) is 6.21. The summed E-state index contributed by atoms with van der Waals surface area (Å²) in [6.07, 6.45) is 5.00. The van der Waals surface area contributed by atoms with Crippen molar-refractivity contribution in [2.75, 3.05) is 43.6 Å². The number of carbonyl (C=O) groups is 2. The number of likely N-dealkylation sites (N-methyl/N-ethyl adjacent to an activating group) is 1. The van der Waals surface area contributed by atoms with Gasteiger partial charge in [-0.3, -0.25) is 25.6 Å². The highest BCUT2D eigenvalue weighted by Crippen LogP contribution is 2.31. The highest BCUT2D eigenvalue weighted by molar-refractivity contribution is 6.28. The van der Waals surface area contributed by atoms with Gasteiger partial charge in [-0.05, 0) is 37.9 Å². The molecule has 2 fully saturated rings. The van der Waals surface area contributed by atoms with E-state index < -0.39 is 17.6 Å². The average molecular weight is 472 g/mol. The topological polar surface area (TPSA) is 114 Å². The van der Waals surface area contributed by atoms with Gasteiger partial charge in [0.05, 0.1) is 12.5 Å². The number of hydrogen-bond acceptors (Lipinski definition) is 8. The first kappa shape index (κ1) is 24.4. The second-order valence-corrected chi connectivity index (χ2v) is 9.05. The van der Waals surface area contributed by atoms with E-state index >= 15 is 4.39 Å². The fraction of sp³-hybridized carbons (Fsp3) is 0.700. The Bertz CT molecular complexity index is 812. The smallest absolute Gasteiger partial charge is 0.243 e. The molecule has 2 amide bonds. The standard InChI is InChI=1S/C20H31ClFN7O3/c1-13-10-27(2)7-8-29(13)18-16(22)17(23-20(21)24-18)25-26-19(31)15(11-28(32)12-30)9-14-5-3-4-6-14/h12-15,32H,3-11H2,1-2H3,(H,26,31)(H,23,24,25)/t13?,15-/m1/s1. The first-order valence-corrected chi connectivity index (χ1v) is 11.3. The van der Waals surface area contributed by atoms with E-state index in [1.54, 1.807) is 0 Å². The summed E-state index contributed by atoms with van der Waals surface area (Å²) in [5.74, 6) is -1.65. The number of aromatic nitrogens is 2. The van der Waals surface area contributed by atoms with Crippen LogP contribution in [0, 0.1) is 17.7 Å². The number of rotatable bonds is 9. The van der Waals surface area contributed by atoms with Gasteiger partial charge in [0.15, 0.2) is 11.6 Å². The fourth-order valence-electron chi connectivity index (χ4n) is 4.54. The number of hydrazine groups is 1. The van der Waals surface area contributed by atoms with Crippen LogP contribution in [0.4, 0.5) is 16.0 Å². The van der Waals surface area contributed by atoms with Gasteiger partial charge in [-0.2, -0.15) is 14.4 Å². The molecule has 0 bridgehead atoms. The lowest BCUT2D eigenvalue weighted by Crippen LogP contribution is -2.51. The summed E-state index contributed by atoms with van der Waals surface area (Å²) in [4.78, 5) is 35.5. The van der Waals surface area contributed by atoms with E-state index in [9.17, 15) is 14.8 Å². The molecular formula is C20H31ClFN7O3. The van der Waals surface area contributed by atoms with Crippen LogP contribution in [0.3, 0.4) is 0 Å². The van der Waals surface area contributed by atoms with Gasteiger partial charge in [0.2, 0.25) is 23.4 Å². The predicted molar refractivity (Wildman–Crippen MR) is 118 cm³/mol. The number of hydroxylamine groups is 2. The molecule has 1 saturated heterocycles. The van der Waals surface area contributed by atoms with Crippen LogP contribution in [0.5, 0.6) is 0 Å². The lowest BCUT2D eigenvalue weighted by Gasteiger charge is -2.39. The summed E-state index contributed by atoms with van der Waals surface area (Å²) in [5, 5.41) is 9.91. The van der Waals surface area contributed by atoms with Crippen LogP contribution >= 0.6 is 11.6 Å². The second-order valence-electron chi connectivity index (χ2n) is 8.71. The lowest BCUT2D eigenvalue weighted by molar-refractivity contribution is -0.154. The minimum Gasteiger partial charge on any atom is -0.349 e. The molecule has 32 heavy (non-hydrogen) atoms. The summed E-state index contributed by atoms with van der Waals surface area (Å²) in [5.41, 5.74) is 4.98. The molecule has 1 unspecified atom stereocenters. The van der Waals surface area contributed by atoms with Crippen LogP contribution in [0.2, 0.25) is 5.28 Å². The lowest BCUT2D eigenvalue weighted by atomic mass is 9.92. The highest BCUT2D eigenvalue weighted by atomic mass is 35.5. The third-order valence-corrected chi connectivity index (χ3v) is 6.37. The van der Waals surface area contributed by atoms with E-state index in [0.717, 1.165) is 38.8 Å². The molecule has 3 rings (SSSR count). The van der Waals surface area contributed by atoms with E-state index in [2.05, 4.69) is 25.7 Å². The Balaban J connectivity index is 1.70. The SMILES string of the molecule is CC1CN(C)CCN1c1nc(Cl)nc(NNC(=O)[C@H](CC2CCCC2)CN(O)C=O)c1F. The Morgan fingerprint density at radius 1 is 1.38 bits per heavy atom. The van der Waals surface area contributed by atoms with Crippen molar-refractivity contribution in [2.24, 2.45) is 11.8 Å². The largest absolute Gasteiger partial charge is 0.349 e.